The van der Waals surface area contributed by atoms with Gasteiger partial charge in [-0.15, -0.1) is 0 Å². The molecule has 3 aromatic rings. The number of anilines is 1. The molecule has 5 nitrogen and oxygen atoms in total. The Hall–Kier alpha value is -2.77. The van der Waals surface area contributed by atoms with Crippen LogP contribution < -0.4 is 14.2 Å². The molecule has 3 rings (SSSR count). The molecule has 0 radical (unpaired) electrons. The Kier molecular flexibility index (Phi) is 5.76. The molecule has 28 heavy (non-hydrogen) atoms. The fourth-order valence-corrected chi connectivity index (χ4v) is 4.20. The molecule has 0 aromatic heterocycles. The first-order valence-electron chi connectivity index (χ1n) is 8.15. The number of methoxy groups -OCH3 is 2. The van der Waals surface area contributed by atoms with Crippen LogP contribution in [0.25, 0.3) is 11.1 Å². The smallest absolute Gasteiger partial charge is 0.265 e. The van der Waals surface area contributed by atoms with Gasteiger partial charge in [-0.1, -0.05) is 48.0 Å². The molecular weight excluding hydrogens is 405 g/mol. The van der Waals surface area contributed by atoms with Crippen LogP contribution in [0.2, 0.25) is 5.02 Å². The zero-order valence-corrected chi connectivity index (χ0v) is 16.6. The van der Waals surface area contributed by atoms with Crippen molar-refractivity contribution in [3.05, 3.63) is 71.5 Å². The Bertz CT molecular complexity index is 1100. The van der Waals surface area contributed by atoms with E-state index in [0.29, 0.717) is 5.56 Å². The number of ether oxygens (including phenoxy) is 2. The van der Waals surface area contributed by atoms with Crippen molar-refractivity contribution < 1.29 is 22.3 Å². The highest BCUT2D eigenvalue weighted by atomic mass is 35.5. The molecule has 0 atom stereocenters. The van der Waals surface area contributed by atoms with Gasteiger partial charge in [0.25, 0.3) is 10.0 Å². The topological polar surface area (TPSA) is 64.6 Å². The van der Waals surface area contributed by atoms with E-state index in [0.717, 1.165) is 5.56 Å². The van der Waals surface area contributed by atoms with Gasteiger partial charge in [-0.2, -0.15) is 0 Å². The summed E-state index contributed by atoms with van der Waals surface area (Å²) in [4.78, 5) is -0.231. The first-order valence-corrected chi connectivity index (χ1v) is 10.0. The third kappa shape index (κ3) is 4.05. The molecule has 0 saturated heterocycles. The second-order valence-electron chi connectivity index (χ2n) is 5.80. The van der Waals surface area contributed by atoms with Gasteiger partial charge >= 0.3 is 0 Å². The van der Waals surface area contributed by atoms with Crippen molar-refractivity contribution in [3.8, 4) is 22.6 Å². The molecule has 0 aliphatic carbocycles. The van der Waals surface area contributed by atoms with E-state index in [1.807, 2.05) is 30.3 Å². The van der Waals surface area contributed by atoms with Gasteiger partial charge in [-0.05, 0) is 29.3 Å². The van der Waals surface area contributed by atoms with Crippen LogP contribution >= 0.6 is 11.6 Å². The summed E-state index contributed by atoms with van der Waals surface area (Å²) in [6.07, 6.45) is 0. The lowest BCUT2D eigenvalue weighted by molar-refractivity contribution is 0.386. The second kappa shape index (κ2) is 8.08. The lowest BCUT2D eigenvalue weighted by Gasteiger charge is -2.15. The normalized spacial score (nSPS) is 11.1. The maximum Gasteiger partial charge on any atom is 0.265 e. The minimum atomic E-state index is -4.18. The summed E-state index contributed by atoms with van der Waals surface area (Å²) in [5, 5.41) is 0.0854. The molecular formula is C20H17ClFNO4S. The van der Waals surface area contributed by atoms with E-state index in [1.165, 1.54) is 38.5 Å². The van der Waals surface area contributed by atoms with Crippen molar-refractivity contribution in [3.63, 3.8) is 0 Å². The van der Waals surface area contributed by atoms with Crippen LogP contribution in [0.4, 0.5) is 10.1 Å². The number of rotatable bonds is 6. The minimum absolute atomic E-state index is 0.0216. The van der Waals surface area contributed by atoms with E-state index in [9.17, 15) is 12.8 Å². The average molecular weight is 422 g/mol. The molecule has 0 amide bonds. The maximum absolute atomic E-state index is 14.3. The predicted molar refractivity (Wildman–Crippen MR) is 107 cm³/mol. The minimum Gasteiger partial charge on any atom is -0.495 e. The molecule has 0 unspecified atom stereocenters. The summed E-state index contributed by atoms with van der Waals surface area (Å²) in [6, 6.07) is 16.0. The lowest BCUT2D eigenvalue weighted by Crippen LogP contribution is -2.15. The van der Waals surface area contributed by atoms with Gasteiger partial charge in [0.2, 0.25) is 0 Å². The highest BCUT2D eigenvalue weighted by molar-refractivity contribution is 7.92. The fraction of sp³-hybridized carbons (Fsp3) is 0.100. The molecule has 0 heterocycles. The number of hydrogen-bond donors (Lipinski definition) is 1. The molecule has 0 saturated carbocycles. The van der Waals surface area contributed by atoms with Crippen LogP contribution in [0.3, 0.4) is 0 Å². The van der Waals surface area contributed by atoms with Crippen LogP contribution in [0.15, 0.2) is 65.6 Å². The molecule has 0 spiro atoms. The van der Waals surface area contributed by atoms with Crippen molar-refractivity contribution in [2.24, 2.45) is 0 Å². The third-order valence-corrected chi connectivity index (χ3v) is 5.73. The number of sulfonamides is 1. The zero-order valence-electron chi connectivity index (χ0n) is 15.1. The molecule has 0 bridgehead atoms. The van der Waals surface area contributed by atoms with Crippen LogP contribution in [0, 0.1) is 5.82 Å². The Labute approximate surface area is 167 Å². The molecule has 0 fully saturated rings. The second-order valence-corrected chi connectivity index (χ2v) is 7.86. The SMILES string of the molecule is COc1cc(OC)c(S(=O)(=O)Nc2cc(-c3ccccc3)ccc2F)cc1Cl. The van der Waals surface area contributed by atoms with Crippen LogP contribution in [0.1, 0.15) is 0 Å². The molecule has 146 valence electrons. The van der Waals surface area contributed by atoms with Gasteiger partial charge in [-0.25, -0.2) is 12.8 Å². The van der Waals surface area contributed by atoms with E-state index in [1.54, 1.807) is 6.07 Å². The van der Waals surface area contributed by atoms with E-state index in [-0.39, 0.29) is 27.1 Å². The van der Waals surface area contributed by atoms with Crippen molar-refractivity contribution in [1.29, 1.82) is 0 Å². The molecule has 0 aliphatic rings. The zero-order chi connectivity index (χ0) is 20.3. The number of benzene rings is 3. The largest absolute Gasteiger partial charge is 0.495 e. The van der Waals surface area contributed by atoms with Crippen molar-refractivity contribution in [1.82, 2.24) is 0 Å². The molecule has 0 aliphatic heterocycles. The van der Waals surface area contributed by atoms with Crippen molar-refractivity contribution in [2.75, 3.05) is 18.9 Å². The first kappa shape index (κ1) is 20.0. The Balaban J connectivity index is 2.03. The van der Waals surface area contributed by atoms with Gasteiger partial charge in [0.05, 0.1) is 24.9 Å². The van der Waals surface area contributed by atoms with Crippen molar-refractivity contribution in [2.45, 2.75) is 4.90 Å². The van der Waals surface area contributed by atoms with Crippen LogP contribution in [0.5, 0.6) is 11.5 Å². The van der Waals surface area contributed by atoms with Gasteiger partial charge in [0, 0.05) is 6.07 Å². The molecule has 1 N–H and O–H groups in total. The summed E-state index contributed by atoms with van der Waals surface area (Å²) in [5.41, 5.74) is 1.31. The van der Waals surface area contributed by atoms with E-state index in [2.05, 4.69) is 4.72 Å². The monoisotopic (exact) mass is 421 g/mol. The average Bonchev–Trinajstić information content (AvgIpc) is 2.70. The molecule has 3 aromatic carbocycles. The predicted octanol–water partition coefficient (Wildman–Crippen LogP) is 4.96. The number of halogens is 2. The number of nitrogens with one attached hydrogen (secondary N) is 1. The Morgan fingerprint density at radius 1 is 0.893 bits per heavy atom. The summed E-state index contributed by atoms with van der Waals surface area (Å²) < 4.78 is 52.5. The fourth-order valence-electron chi connectivity index (χ4n) is 2.66. The summed E-state index contributed by atoms with van der Waals surface area (Å²) in [7, 11) is -1.46. The van der Waals surface area contributed by atoms with E-state index < -0.39 is 15.8 Å². The maximum atomic E-state index is 14.3. The quantitative estimate of drug-likeness (QED) is 0.610. The van der Waals surface area contributed by atoms with Gasteiger partial charge in [0.1, 0.15) is 22.2 Å². The molecule has 8 heteroatoms. The summed E-state index contributed by atoms with van der Waals surface area (Å²) >= 11 is 6.06. The van der Waals surface area contributed by atoms with E-state index >= 15 is 0 Å². The number of hydrogen-bond acceptors (Lipinski definition) is 4. The highest BCUT2D eigenvalue weighted by Gasteiger charge is 2.23. The van der Waals surface area contributed by atoms with Crippen molar-refractivity contribution >= 4 is 27.3 Å². The summed E-state index contributed by atoms with van der Waals surface area (Å²) in [5.74, 6) is -0.426. The van der Waals surface area contributed by atoms with Crippen LogP contribution in [-0.4, -0.2) is 22.6 Å². The Morgan fingerprint density at radius 3 is 2.21 bits per heavy atom. The first-order chi connectivity index (χ1) is 13.4. The van der Waals surface area contributed by atoms with Gasteiger partial charge in [-0.3, -0.25) is 4.72 Å². The lowest BCUT2D eigenvalue weighted by atomic mass is 10.1. The van der Waals surface area contributed by atoms with Crippen LogP contribution in [-0.2, 0) is 10.0 Å². The summed E-state index contributed by atoms with van der Waals surface area (Å²) in [6.45, 7) is 0. The third-order valence-electron chi connectivity index (χ3n) is 4.05. The van der Waals surface area contributed by atoms with Gasteiger partial charge in [0.15, 0.2) is 0 Å². The standard InChI is InChI=1S/C20H17ClFNO4S/c1-26-18-12-19(27-2)20(11-15(18)21)28(24,25)23-17-10-14(8-9-16(17)22)13-6-4-3-5-7-13/h3-12,23H,1-2H3. The highest BCUT2D eigenvalue weighted by Crippen LogP contribution is 2.36. The Morgan fingerprint density at radius 2 is 1.57 bits per heavy atom. The van der Waals surface area contributed by atoms with E-state index in [4.69, 9.17) is 21.1 Å². The van der Waals surface area contributed by atoms with Gasteiger partial charge < -0.3 is 9.47 Å².